The number of phosphoric ester groups is 1. The number of rotatable bonds is 36. The molecule has 0 radical (unpaired) electrons. The van der Waals surface area contributed by atoms with Crippen molar-refractivity contribution in [2.75, 3.05) is 13.2 Å². The first kappa shape index (κ1) is 45.8. The lowest BCUT2D eigenvalue weighted by Crippen LogP contribution is -2.31. The van der Waals surface area contributed by atoms with Crippen molar-refractivity contribution in [2.45, 2.75) is 206 Å². The molecule has 0 rings (SSSR count). The minimum Gasteiger partial charge on any atom is -0.790 e. The molecule has 0 fully saturated rings. The standard InChI is InChI=1S/C38H73O8P/c1-3-5-7-9-11-13-15-17-19-21-22-24-26-28-30-32-37(39)44-34-36(35-45-47(41,42)43)46-38(40)33-31-29-27-25-23-20-18-16-14-12-10-8-6-4-2/h17,19,36H,3-16,18,20-35H2,1-2H3,(H2,41,42,43)/p-2/b19-17-/t36-/m1/s1. The number of carbonyl (C=O) groups is 2. The highest BCUT2D eigenvalue weighted by molar-refractivity contribution is 7.43. The monoisotopic (exact) mass is 686 g/mol. The number of ether oxygens (including phenoxy) is 2. The van der Waals surface area contributed by atoms with Gasteiger partial charge in [-0.1, -0.05) is 161 Å². The molecule has 0 amide bonds. The van der Waals surface area contributed by atoms with Gasteiger partial charge in [-0.15, -0.1) is 0 Å². The summed E-state index contributed by atoms with van der Waals surface area (Å²) in [4.78, 5) is 46.4. The van der Waals surface area contributed by atoms with Crippen LogP contribution in [0.2, 0.25) is 0 Å². The van der Waals surface area contributed by atoms with Crippen molar-refractivity contribution in [1.29, 1.82) is 0 Å². The van der Waals surface area contributed by atoms with Crippen LogP contribution in [-0.2, 0) is 28.2 Å². The van der Waals surface area contributed by atoms with Crippen LogP contribution in [0.1, 0.15) is 200 Å². The number of carbonyl (C=O) groups excluding carboxylic acids is 2. The molecular formula is C38H71O8P-2. The first-order chi connectivity index (χ1) is 22.8. The zero-order chi connectivity index (χ0) is 34.7. The Morgan fingerprint density at radius 1 is 0.532 bits per heavy atom. The van der Waals surface area contributed by atoms with Crippen molar-refractivity contribution < 1.29 is 37.9 Å². The summed E-state index contributed by atoms with van der Waals surface area (Å²) in [6.07, 6.45) is 36.0. The Hall–Kier alpha value is -1.21. The topological polar surface area (TPSA) is 125 Å². The van der Waals surface area contributed by atoms with E-state index in [0.717, 1.165) is 51.4 Å². The maximum absolute atomic E-state index is 12.3. The molecule has 0 bridgehead atoms. The second-order valence-corrected chi connectivity index (χ2v) is 14.4. The highest BCUT2D eigenvalue weighted by Gasteiger charge is 2.18. The number of allylic oxidation sites excluding steroid dienone is 2. The van der Waals surface area contributed by atoms with E-state index in [1.54, 1.807) is 0 Å². The molecule has 0 saturated heterocycles. The largest absolute Gasteiger partial charge is 0.790 e. The molecule has 0 heterocycles. The van der Waals surface area contributed by atoms with Crippen molar-refractivity contribution in [1.82, 2.24) is 0 Å². The SMILES string of the molecule is CCCCCCCC/C=C\CCCCCCCC(=O)OC[C@H](COP(=O)([O-])[O-])OC(=O)CCCCCCCCCCCCCCCC. The van der Waals surface area contributed by atoms with Crippen molar-refractivity contribution in [3.8, 4) is 0 Å². The number of esters is 2. The van der Waals surface area contributed by atoms with E-state index in [-0.39, 0.29) is 19.4 Å². The summed E-state index contributed by atoms with van der Waals surface area (Å²) >= 11 is 0. The minimum absolute atomic E-state index is 0.184. The lowest BCUT2D eigenvalue weighted by atomic mass is 10.0. The fourth-order valence-electron chi connectivity index (χ4n) is 5.60. The van der Waals surface area contributed by atoms with Crippen LogP contribution in [0.4, 0.5) is 0 Å². The normalized spacial score (nSPS) is 12.5. The van der Waals surface area contributed by atoms with E-state index in [2.05, 4.69) is 30.5 Å². The fraction of sp³-hybridized carbons (Fsp3) is 0.895. The molecule has 0 aromatic rings. The van der Waals surface area contributed by atoms with Crippen molar-refractivity contribution in [2.24, 2.45) is 0 Å². The van der Waals surface area contributed by atoms with Gasteiger partial charge in [0, 0.05) is 12.8 Å². The summed E-state index contributed by atoms with van der Waals surface area (Å²) in [5.41, 5.74) is 0. The van der Waals surface area contributed by atoms with E-state index < -0.39 is 32.5 Å². The summed E-state index contributed by atoms with van der Waals surface area (Å²) in [6.45, 7) is 3.49. The highest BCUT2D eigenvalue weighted by Crippen LogP contribution is 2.25. The molecule has 0 saturated carbocycles. The molecule has 47 heavy (non-hydrogen) atoms. The number of unbranched alkanes of at least 4 members (excludes halogenated alkanes) is 24. The van der Waals surface area contributed by atoms with E-state index in [4.69, 9.17) is 9.47 Å². The minimum atomic E-state index is -5.25. The van der Waals surface area contributed by atoms with Crippen LogP contribution in [-0.4, -0.2) is 31.3 Å². The predicted octanol–water partition coefficient (Wildman–Crippen LogP) is 10.2. The molecule has 0 aliphatic heterocycles. The van der Waals surface area contributed by atoms with Gasteiger partial charge in [0.15, 0.2) is 6.10 Å². The van der Waals surface area contributed by atoms with Gasteiger partial charge in [0.25, 0.3) is 0 Å². The van der Waals surface area contributed by atoms with Gasteiger partial charge in [0.1, 0.15) is 6.61 Å². The Bertz CT molecular complexity index is 782. The zero-order valence-corrected chi connectivity index (χ0v) is 31.3. The van der Waals surface area contributed by atoms with Gasteiger partial charge in [0.2, 0.25) is 0 Å². The van der Waals surface area contributed by atoms with Crippen LogP contribution in [0.5, 0.6) is 0 Å². The molecule has 0 aromatic carbocycles. The molecule has 0 aliphatic rings. The average molecular weight is 687 g/mol. The Morgan fingerprint density at radius 3 is 1.30 bits per heavy atom. The summed E-state index contributed by atoms with van der Waals surface area (Å²) in [6, 6.07) is 0. The second-order valence-electron chi connectivity index (χ2n) is 13.2. The van der Waals surface area contributed by atoms with Crippen LogP contribution in [0.3, 0.4) is 0 Å². The Labute approximate surface area is 288 Å². The lowest BCUT2D eigenvalue weighted by molar-refractivity contribution is -0.343. The number of hydrogen-bond acceptors (Lipinski definition) is 8. The fourth-order valence-corrected chi connectivity index (χ4v) is 5.95. The van der Waals surface area contributed by atoms with Gasteiger partial charge in [0.05, 0.1) is 14.4 Å². The quantitative estimate of drug-likeness (QED) is 0.0276. The molecular weight excluding hydrogens is 615 g/mol. The zero-order valence-electron chi connectivity index (χ0n) is 30.4. The Morgan fingerprint density at radius 2 is 0.894 bits per heavy atom. The average Bonchev–Trinajstić information content (AvgIpc) is 3.03. The van der Waals surface area contributed by atoms with Gasteiger partial charge < -0.3 is 28.3 Å². The van der Waals surface area contributed by atoms with Crippen LogP contribution in [0.25, 0.3) is 0 Å². The highest BCUT2D eigenvalue weighted by atomic mass is 31.2. The Kier molecular flexibility index (Phi) is 33.8. The summed E-state index contributed by atoms with van der Waals surface area (Å²) in [5, 5.41) is 0. The smallest absolute Gasteiger partial charge is 0.306 e. The van der Waals surface area contributed by atoms with E-state index in [1.807, 2.05) is 0 Å². The predicted molar refractivity (Wildman–Crippen MR) is 189 cm³/mol. The van der Waals surface area contributed by atoms with E-state index >= 15 is 0 Å². The van der Waals surface area contributed by atoms with Crippen LogP contribution in [0, 0.1) is 0 Å². The van der Waals surface area contributed by atoms with Crippen molar-refractivity contribution in [3.05, 3.63) is 12.2 Å². The van der Waals surface area contributed by atoms with Gasteiger partial charge in [-0.25, -0.2) is 0 Å². The molecule has 0 unspecified atom stereocenters. The van der Waals surface area contributed by atoms with Gasteiger partial charge in [-0.05, 0) is 38.5 Å². The summed E-state index contributed by atoms with van der Waals surface area (Å²) < 4.78 is 25.8. The molecule has 0 spiro atoms. The number of hydrogen-bond donors (Lipinski definition) is 0. The number of phosphoric acid groups is 1. The van der Waals surface area contributed by atoms with Crippen molar-refractivity contribution in [3.63, 3.8) is 0 Å². The van der Waals surface area contributed by atoms with Crippen LogP contribution < -0.4 is 9.79 Å². The molecule has 0 N–H and O–H groups in total. The van der Waals surface area contributed by atoms with Crippen LogP contribution in [0.15, 0.2) is 12.2 Å². The molecule has 8 nitrogen and oxygen atoms in total. The molecule has 9 heteroatoms. The van der Waals surface area contributed by atoms with E-state index in [0.29, 0.717) is 12.8 Å². The van der Waals surface area contributed by atoms with Gasteiger partial charge in [-0.2, -0.15) is 0 Å². The Balaban J connectivity index is 3.94. The molecule has 0 aliphatic carbocycles. The van der Waals surface area contributed by atoms with Gasteiger partial charge in [-0.3, -0.25) is 9.59 Å². The first-order valence-corrected chi connectivity index (χ1v) is 20.9. The van der Waals surface area contributed by atoms with Crippen molar-refractivity contribution >= 4 is 19.8 Å². The third-order valence-electron chi connectivity index (χ3n) is 8.52. The third-order valence-corrected chi connectivity index (χ3v) is 8.99. The lowest BCUT2D eigenvalue weighted by Gasteiger charge is -2.30. The van der Waals surface area contributed by atoms with E-state index in [9.17, 15) is 23.9 Å². The maximum Gasteiger partial charge on any atom is 0.306 e. The van der Waals surface area contributed by atoms with Gasteiger partial charge >= 0.3 is 11.9 Å². The first-order valence-electron chi connectivity index (χ1n) is 19.4. The second kappa shape index (κ2) is 34.6. The van der Waals surface area contributed by atoms with Crippen LogP contribution >= 0.6 is 7.82 Å². The van der Waals surface area contributed by atoms with E-state index in [1.165, 1.54) is 109 Å². The molecule has 278 valence electrons. The molecule has 0 aromatic heterocycles. The summed E-state index contributed by atoms with van der Waals surface area (Å²) in [5.74, 6) is -0.958. The molecule has 1 atom stereocenters. The maximum atomic E-state index is 12.3. The third kappa shape index (κ3) is 37.5. The summed E-state index contributed by atoms with van der Waals surface area (Å²) in [7, 11) is -5.25.